The van der Waals surface area contributed by atoms with E-state index >= 15 is 0 Å². The summed E-state index contributed by atoms with van der Waals surface area (Å²) >= 11 is 0. The van der Waals surface area contributed by atoms with Gasteiger partial charge < -0.3 is 9.84 Å². The second kappa shape index (κ2) is 15.2. The molecular formula is C35H22O4. The van der Waals surface area contributed by atoms with E-state index in [1.807, 2.05) is 60.7 Å². The molecule has 0 saturated carbocycles. The molecule has 4 heteroatoms. The molecule has 0 heterocycles. The molecule has 0 fully saturated rings. The van der Waals surface area contributed by atoms with Crippen LogP contribution in [0.15, 0.2) is 109 Å². The molecule has 4 aromatic carbocycles. The topological polar surface area (TPSA) is 63.6 Å². The van der Waals surface area contributed by atoms with Crippen molar-refractivity contribution in [3.8, 4) is 47.4 Å². The normalized spacial score (nSPS) is 8.64. The smallest absolute Gasteiger partial charge is 0.337 e. The summed E-state index contributed by atoms with van der Waals surface area (Å²) in [5.74, 6) is 21.5. The third kappa shape index (κ3) is 9.91. The van der Waals surface area contributed by atoms with Gasteiger partial charge in [0.15, 0.2) is 0 Å². The Morgan fingerprint density at radius 2 is 0.846 bits per heavy atom. The number of carboxylic acid groups (broad SMARTS) is 1. The molecule has 0 aliphatic rings. The molecule has 0 radical (unpaired) electrons. The fourth-order valence-electron chi connectivity index (χ4n) is 2.96. The lowest BCUT2D eigenvalue weighted by atomic mass is 10.1. The van der Waals surface area contributed by atoms with Crippen LogP contribution < -0.4 is 0 Å². The highest BCUT2D eigenvalue weighted by Crippen LogP contribution is 2.05. The van der Waals surface area contributed by atoms with Gasteiger partial charge in [0.05, 0.1) is 18.2 Å². The number of esters is 1. The number of methoxy groups -OCH3 is 1. The van der Waals surface area contributed by atoms with Crippen LogP contribution in [0.3, 0.4) is 0 Å². The zero-order valence-corrected chi connectivity index (χ0v) is 21.1. The predicted octanol–water partition coefficient (Wildman–Crippen LogP) is 5.66. The third-order valence-corrected chi connectivity index (χ3v) is 4.94. The van der Waals surface area contributed by atoms with Gasteiger partial charge in [-0.05, 0) is 96.5 Å². The maximum atomic E-state index is 11.3. The highest BCUT2D eigenvalue weighted by Gasteiger charge is 2.03. The standard InChI is InChI=1S/C18H12O2.C17H10O2/c1-20-18(19)17-13-11-16(12-14-17)10-6-5-9-15-7-3-2-4-8-15;18-17(19)16-12-10-15(11-13-16)9-5-4-8-14-6-2-1-3-7-14/h2-4,7-8,11-14H,1H3;1-3,6-7,10-13H,(H,18,19). The second-order valence-corrected chi connectivity index (χ2v) is 7.68. The van der Waals surface area contributed by atoms with Gasteiger partial charge in [-0.25, -0.2) is 9.59 Å². The van der Waals surface area contributed by atoms with E-state index in [-0.39, 0.29) is 11.5 Å². The molecule has 0 amide bonds. The van der Waals surface area contributed by atoms with Crippen LogP contribution in [0.4, 0.5) is 0 Å². The van der Waals surface area contributed by atoms with E-state index < -0.39 is 5.97 Å². The van der Waals surface area contributed by atoms with Crippen LogP contribution >= 0.6 is 0 Å². The number of hydrogen-bond donors (Lipinski definition) is 1. The average molecular weight is 507 g/mol. The van der Waals surface area contributed by atoms with E-state index in [0.29, 0.717) is 5.56 Å². The van der Waals surface area contributed by atoms with Crippen molar-refractivity contribution in [1.82, 2.24) is 0 Å². The lowest BCUT2D eigenvalue weighted by Gasteiger charge is -1.97. The van der Waals surface area contributed by atoms with Crippen LogP contribution in [-0.4, -0.2) is 24.2 Å². The number of carboxylic acids is 1. The summed E-state index contributed by atoms with van der Waals surface area (Å²) in [4.78, 5) is 21.9. The van der Waals surface area contributed by atoms with Crippen molar-refractivity contribution in [2.45, 2.75) is 0 Å². The van der Waals surface area contributed by atoms with Crippen molar-refractivity contribution in [1.29, 1.82) is 0 Å². The van der Waals surface area contributed by atoms with Crippen molar-refractivity contribution in [2.24, 2.45) is 0 Å². The number of hydrogen-bond acceptors (Lipinski definition) is 3. The first kappa shape index (κ1) is 27.6. The quantitative estimate of drug-likeness (QED) is 0.281. The summed E-state index contributed by atoms with van der Waals surface area (Å²) in [5.41, 5.74) is 4.16. The Morgan fingerprint density at radius 3 is 1.18 bits per heavy atom. The molecule has 1 N–H and O–H groups in total. The van der Waals surface area contributed by atoms with Gasteiger partial charge in [0.1, 0.15) is 0 Å². The lowest BCUT2D eigenvalue weighted by Crippen LogP contribution is -2.00. The molecule has 0 unspecified atom stereocenters. The Hall–Kier alpha value is -5.94. The fourth-order valence-corrected chi connectivity index (χ4v) is 2.96. The summed E-state index contributed by atoms with van der Waals surface area (Å²) < 4.78 is 4.63. The maximum absolute atomic E-state index is 11.3. The molecule has 0 aliphatic heterocycles. The van der Waals surface area contributed by atoms with E-state index in [1.165, 1.54) is 19.2 Å². The number of carbonyl (C=O) groups excluding carboxylic acids is 1. The van der Waals surface area contributed by atoms with Crippen LogP contribution in [0.2, 0.25) is 0 Å². The summed E-state index contributed by atoms with van der Waals surface area (Å²) in [6.07, 6.45) is 0. The summed E-state index contributed by atoms with van der Waals surface area (Å²) in [6.45, 7) is 0. The average Bonchev–Trinajstić information content (AvgIpc) is 2.99. The molecule has 0 aliphatic carbocycles. The van der Waals surface area contributed by atoms with Crippen molar-refractivity contribution in [3.05, 3.63) is 143 Å². The molecule has 0 atom stereocenters. The molecule has 0 saturated heterocycles. The van der Waals surface area contributed by atoms with Gasteiger partial charge >= 0.3 is 11.9 Å². The fraction of sp³-hybridized carbons (Fsp3) is 0.0286. The Kier molecular flexibility index (Phi) is 10.8. The number of rotatable bonds is 2. The van der Waals surface area contributed by atoms with E-state index in [0.717, 1.165) is 22.3 Å². The second-order valence-electron chi connectivity index (χ2n) is 7.68. The van der Waals surface area contributed by atoms with Crippen LogP contribution in [0, 0.1) is 47.4 Å². The summed E-state index contributed by atoms with van der Waals surface area (Å²) in [6, 6.07) is 32.5. The van der Waals surface area contributed by atoms with Gasteiger partial charge in [0.2, 0.25) is 0 Å². The molecule has 39 heavy (non-hydrogen) atoms. The number of benzene rings is 4. The molecule has 4 aromatic rings. The van der Waals surface area contributed by atoms with Crippen LogP contribution in [0.25, 0.3) is 0 Å². The lowest BCUT2D eigenvalue weighted by molar-refractivity contribution is 0.0599. The van der Waals surface area contributed by atoms with E-state index in [4.69, 9.17) is 5.11 Å². The van der Waals surface area contributed by atoms with Crippen LogP contribution in [0.1, 0.15) is 43.0 Å². The SMILES string of the molecule is COC(=O)c1ccc(C#CC#Cc2ccccc2)cc1.O=C(O)c1ccc(C#CC#Cc2ccccc2)cc1. The first-order valence-electron chi connectivity index (χ1n) is 11.7. The van der Waals surface area contributed by atoms with Gasteiger partial charge in [0, 0.05) is 22.3 Å². The van der Waals surface area contributed by atoms with Crippen LogP contribution in [0.5, 0.6) is 0 Å². The minimum atomic E-state index is -0.941. The molecule has 0 bridgehead atoms. The van der Waals surface area contributed by atoms with Gasteiger partial charge in [-0.3, -0.25) is 0 Å². The van der Waals surface area contributed by atoms with Gasteiger partial charge in [-0.1, -0.05) is 60.1 Å². The number of carbonyl (C=O) groups is 2. The maximum Gasteiger partial charge on any atom is 0.337 e. The molecule has 186 valence electrons. The predicted molar refractivity (Wildman–Crippen MR) is 152 cm³/mol. The molecule has 4 nitrogen and oxygen atoms in total. The first-order valence-corrected chi connectivity index (χ1v) is 11.7. The Bertz CT molecular complexity index is 1660. The highest BCUT2D eigenvalue weighted by molar-refractivity contribution is 5.89. The first-order chi connectivity index (χ1) is 19.0. The zero-order chi connectivity index (χ0) is 27.7. The molecule has 4 rings (SSSR count). The van der Waals surface area contributed by atoms with Gasteiger partial charge in [0.25, 0.3) is 0 Å². The number of ether oxygens (including phenoxy) is 1. The van der Waals surface area contributed by atoms with Crippen LogP contribution in [-0.2, 0) is 4.74 Å². The van der Waals surface area contributed by atoms with Crippen molar-refractivity contribution >= 4 is 11.9 Å². The summed E-state index contributed by atoms with van der Waals surface area (Å²) in [7, 11) is 1.36. The van der Waals surface area contributed by atoms with Crippen molar-refractivity contribution in [2.75, 3.05) is 7.11 Å². The molecular weight excluding hydrogens is 484 g/mol. The molecule has 0 spiro atoms. The Balaban J connectivity index is 0.000000216. The third-order valence-electron chi connectivity index (χ3n) is 4.94. The Morgan fingerprint density at radius 1 is 0.513 bits per heavy atom. The monoisotopic (exact) mass is 506 g/mol. The largest absolute Gasteiger partial charge is 0.478 e. The van der Waals surface area contributed by atoms with Gasteiger partial charge in [-0.15, -0.1) is 0 Å². The van der Waals surface area contributed by atoms with E-state index in [9.17, 15) is 9.59 Å². The van der Waals surface area contributed by atoms with Gasteiger partial charge in [-0.2, -0.15) is 0 Å². The van der Waals surface area contributed by atoms with Crippen molar-refractivity contribution in [3.63, 3.8) is 0 Å². The number of aromatic carboxylic acids is 1. The van der Waals surface area contributed by atoms with Crippen molar-refractivity contribution < 1.29 is 19.4 Å². The molecule has 0 aromatic heterocycles. The minimum Gasteiger partial charge on any atom is -0.478 e. The summed E-state index contributed by atoms with van der Waals surface area (Å²) in [5, 5.41) is 8.76. The zero-order valence-electron chi connectivity index (χ0n) is 21.1. The van der Waals surface area contributed by atoms with E-state index in [2.05, 4.69) is 52.1 Å². The highest BCUT2D eigenvalue weighted by atomic mass is 16.5. The minimum absolute atomic E-state index is 0.251. The van der Waals surface area contributed by atoms with E-state index in [1.54, 1.807) is 36.4 Å². The Labute approximate surface area is 228 Å².